The Morgan fingerprint density at radius 3 is 0.980 bits per heavy atom. The molecule has 0 N–H and O–H groups in total. The van der Waals surface area contributed by atoms with Crippen molar-refractivity contribution in [3.63, 3.8) is 0 Å². The van der Waals surface area contributed by atoms with E-state index in [1.807, 2.05) is 0 Å². The molecule has 50 heavy (non-hydrogen) atoms. The molecule has 234 valence electrons. The first-order chi connectivity index (χ1) is 24.9. The van der Waals surface area contributed by atoms with E-state index in [4.69, 9.17) is 0 Å². The van der Waals surface area contributed by atoms with E-state index in [0.717, 1.165) is 11.4 Å². The van der Waals surface area contributed by atoms with Gasteiger partial charge in [0.05, 0.1) is 33.4 Å². The Bertz CT molecular complexity index is 2590. The molecule has 2 heteroatoms. The highest BCUT2D eigenvalue weighted by atomic mass is 15.0. The molecule has 0 atom stereocenters. The van der Waals surface area contributed by atoms with E-state index in [1.54, 1.807) is 0 Å². The van der Waals surface area contributed by atoms with Crippen LogP contribution in [-0.2, 0) is 0 Å². The number of para-hydroxylation sites is 6. The molecule has 10 aromatic rings. The standard InChI is InChI=1S/C48H32N2/c1-2-17-33(18-3-1)48-40(38-23-8-14-31-46(38)49-42-27-10-4-19-34(42)35-20-5-11-28-43(35)49)25-16-26-41(48)39-24-9-15-32-47(39)50-44-29-12-6-21-36(44)37-22-7-13-30-45(37)50/h1-32H. The van der Waals surface area contributed by atoms with Gasteiger partial charge in [0.15, 0.2) is 0 Å². The molecule has 8 aromatic carbocycles. The zero-order valence-electron chi connectivity index (χ0n) is 27.4. The summed E-state index contributed by atoms with van der Waals surface area (Å²) >= 11 is 0. The molecule has 0 saturated carbocycles. The average molecular weight is 637 g/mol. The topological polar surface area (TPSA) is 9.86 Å². The van der Waals surface area contributed by atoms with Crippen LogP contribution in [0.15, 0.2) is 194 Å². The van der Waals surface area contributed by atoms with Gasteiger partial charge in [-0.3, -0.25) is 0 Å². The summed E-state index contributed by atoms with van der Waals surface area (Å²) in [7, 11) is 0. The third-order valence-electron chi connectivity index (χ3n) is 10.2. The lowest BCUT2D eigenvalue weighted by molar-refractivity contribution is 1.18. The van der Waals surface area contributed by atoms with Crippen molar-refractivity contribution < 1.29 is 0 Å². The van der Waals surface area contributed by atoms with Crippen LogP contribution in [-0.4, -0.2) is 9.13 Å². The van der Waals surface area contributed by atoms with Crippen LogP contribution >= 0.6 is 0 Å². The van der Waals surface area contributed by atoms with Crippen LogP contribution in [0.4, 0.5) is 0 Å². The van der Waals surface area contributed by atoms with Gasteiger partial charge in [-0.15, -0.1) is 0 Å². The predicted octanol–water partition coefficient (Wildman–Crippen LogP) is 12.9. The predicted molar refractivity (Wildman–Crippen MR) is 211 cm³/mol. The molecule has 0 unspecified atom stereocenters. The van der Waals surface area contributed by atoms with Gasteiger partial charge < -0.3 is 9.13 Å². The normalized spacial score (nSPS) is 11.6. The highest BCUT2D eigenvalue weighted by molar-refractivity contribution is 6.11. The second-order valence-corrected chi connectivity index (χ2v) is 12.9. The first-order valence-electron chi connectivity index (χ1n) is 17.2. The van der Waals surface area contributed by atoms with Crippen LogP contribution in [0.5, 0.6) is 0 Å². The number of nitrogens with zero attached hydrogens (tertiary/aromatic N) is 2. The van der Waals surface area contributed by atoms with Gasteiger partial charge in [0.1, 0.15) is 0 Å². The second kappa shape index (κ2) is 11.5. The minimum absolute atomic E-state index is 1.16. The SMILES string of the molecule is c1ccc(-c2c(-c3ccccc3-n3c4ccccc4c4ccccc43)cccc2-c2ccccc2-n2c3ccccc3c3ccccc32)cc1. The molecule has 0 aliphatic heterocycles. The first-order valence-corrected chi connectivity index (χ1v) is 17.2. The Balaban J connectivity index is 1.28. The molecule has 0 fully saturated rings. The van der Waals surface area contributed by atoms with E-state index in [2.05, 4.69) is 203 Å². The molecule has 2 nitrogen and oxygen atoms in total. The van der Waals surface area contributed by atoms with Crippen LogP contribution in [0.2, 0.25) is 0 Å². The Labute approximate surface area is 290 Å². The molecular weight excluding hydrogens is 605 g/mol. The zero-order chi connectivity index (χ0) is 33.0. The van der Waals surface area contributed by atoms with Crippen molar-refractivity contribution in [3.05, 3.63) is 194 Å². The smallest absolute Gasteiger partial charge is 0.0541 e. The quantitative estimate of drug-likeness (QED) is 0.178. The molecule has 0 radical (unpaired) electrons. The van der Waals surface area contributed by atoms with E-state index in [0.29, 0.717) is 0 Å². The Kier molecular flexibility index (Phi) is 6.53. The summed E-state index contributed by atoms with van der Waals surface area (Å²) < 4.78 is 4.88. The largest absolute Gasteiger partial charge is 0.309 e. The summed E-state index contributed by atoms with van der Waals surface area (Å²) in [5, 5.41) is 5.04. The van der Waals surface area contributed by atoms with Gasteiger partial charge in [-0.1, -0.05) is 158 Å². The van der Waals surface area contributed by atoms with Crippen molar-refractivity contribution in [1.82, 2.24) is 9.13 Å². The van der Waals surface area contributed by atoms with Crippen molar-refractivity contribution in [2.45, 2.75) is 0 Å². The summed E-state index contributed by atoms with van der Waals surface area (Å²) in [6, 6.07) is 70.4. The molecule has 2 aromatic heterocycles. The molecule has 0 aliphatic carbocycles. The molecule has 0 spiro atoms. The van der Waals surface area contributed by atoms with Crippen molar-refractivity contribution in [2.24, 2.45) is 0 Å². The highest BCUT2D eigenvalue weighted by Crippen LogP contribution is 2.45. The molecule has 0 aliphatic rings. The summed E-state index contributed by atoms with van der Waals surface area (Å²) in [6.07, 6.45) is 0. The Morgan fingerprint density at radius 1 is 0.240 bits per heavy atom. The zero-order valence-corrected chi connectivity index (χ0v) is 27.4. The molecule has 0 amide bonds. The fraction of sp³-hybridized carbons (Fsp3) is 0. The van der Waals surface area contributed by atoms with Crippen LogP contribution in [0.25, 0.3) is 88.4 Å². The number of benzene rings is 8. The summed E-state index contributed by atoms with van der Waals surface area (Å²) in [4.78, 5) is 0. The molecule has 10 rings (SSSR count). The van der Waals surface area contributed by atoms with Crippen LogP contribution in [0, 0.1) is 0 Å². The molecular formula is C48H32N2. The fourth-order valence-corrected chi connectivity index (χ4v) is 8.07. The van der Waals surface area contributed by atoms with Crippen LogP contribution in [0.1, 0.15) is 0 Å². The van der Waals surface area contributed by atoms with Gasteiger partial charge in [-0.2, -0.15) is 0 Å². The van der Waals surface area contributed by atoms with Crippen molar-refractivity contribution in [3.8, 4) is 44.8 Å². The van der Waals surface area contributed by atoms with Gasteiger partial charge in [-0.05, 0) is 58.7 Å². The molecule has 2 heterocycles. The maximum Gasteiger partial charge on any atom is 0.0541 e. The highest BCUT2D eigenvalue weighted by Gasteiger charge is 2.22. The van der Waals surface area contributed by atoms with Crippen molar-refractivity contribution in [1.29, 1.82) is 0 Å². The summed E-state index contributed by atoms with van der Waals surface area (Å²) in [6.45, 7) is 0. The minimum Gasteiger partial charge on any atom is -0.309 e. The van der Waals surface area contributed by atoms with E-state index in [1.165, 1.54) is 77.0 Å². The van der Waals surface area contributed by atoms with Gasteiger partial charge in [0.25, 0.3) is 0 Å². The van der Waals surface area contributed by atoms with Crippen LogP contribution < -0.4 is 0 Å². The number of rotatable bonds is 5. The Morgan fingerprint density at radius 2 is 0.560 bits per heavy atom. The Hall–Kier alpha value is -6.64. The summed E-state index contributed by atoms with van der Waals surface area (Å²) in [5.41, 5.74) is 14.3. The monoisotopic (exact) mass is 636 g/mol. The lowest BCUT2D eigenvalue weighted by atomic mass is 9.86. The third-order valence-corrected chi connectivity index (χ3v) is 10.2. The minimum atomic E-state index is 1.16. The van der Waals surface area contributed by atoms with E-state index in [-0.39, 0.29) is 0 Å². The van der Waals surface area contributed by atoms with E-state index >= 15 is 0 Å². The number of hydrogen-bond acceptors (Lipinski definition) is 0. The molecule has 0 bridgehead atoms. The van der Waals surface area contributed by atoms with Gasteiger partial charge >= 0.3 is 0 Å². The van der Waals surface area contributed by atoms with Gasteiger partial charge in [-0.25, -0.2) is 0 Å². The lowest BCUT2D eigenvalue weighted by Crippen LogP contribution is -2.00. The number of aromatic nitrogens is 2. The molecule has 0 saturated heterocycles. The van der Waals surface area contributed by atoms with E-state index in [9.17, 15) is 0 Å². The number of hydrogen-bond donors (Lipinski definition) is 0. The first kappa shape index (κ1) is 28.4. The van der Waals surface area contributed by atoms with Crippen molar-refractivity contribution in [2.75, 3.05) is 0 Å². The maximum absolute atomic E-state index is 2.44. The van der Waals surface area contributed by atoms with Gasteiger partial charge in [0, 0.05) is 32.7 Å². The van der Waals surface area contributed by atoms with Crippen LogP contribution in [0.3, 0.4) is 0 Å². The summed E-state index contributed by atoms with van der Waals surface area (Å²) in [5.74, 6) is 0. The van der Waals surface area contributed by atoms with Crippen molar-refractivity contribution >= 4 is 43.6 Å². The lowest BCUT2D eigenvalue weighted by Gasteiger charge is -2.21. The fourth-order valence-electron chi connectivity index (χ4n) is 8.07. The second-order valence-electron chi connectivity index (χ2n) is 12.9. The maximum atomic E-state index is 2.44. The third kappa shape index (κ3) is 4.29. The average Bonchev–Trinajstić information content (AvgIpc) is 3.71. The van der Waals surface area contributed by atoms with E-state index < -0.39 is 0 Å². The van der Waals surface area contributed by atoms with Gasteiger partial charge in [0.2, 0.25) is 0 Å². The number of fused-ring (bicyclic) bond motifs is 6.